The lowest BCUT2D eigenvalue weighted by Gasteiger charge is -2.33. The average Bonchev–Trinajstić information content (AvgIpc) is 2.78. The van der Waals surface area contributed by atoms with Gasteiger partial charge in [0.1, 0.15) is 0 Å². The van der Waals surface area contributed by atoms with Crippen molar-refractivity contribution >= 4 is 48.7 Å². The van der Waals surface area contributed by atoms with Crippen LogP contribution in [-0.2, 0) is 20.1 Å². The predicted molar refractivity (Wildman–Crippen MR) is 90.8 cm³/mol. The van der Waals surface area contributed by atoms with E-state index >= 15 is 0 Å². The number of halogens is 2. The lowest BCUT2D eigenvalue weighted by molar-refractivity contribution is 0.0862. The molecule has 1 saturated heterocycles. The average molecular weight is 428 g/mol. The summed E-state index contributed by atoms with van der Waals surface area (Å²) in [4.78, 5) is 0.588. The van der Waals surface area contributed by atoms with Crippen LogP contribution in [0.15, 0.2) is 9.85 Å². The van der Waals surface area contributed by atoms with Crippen LogP contribution >= 0.6 is 38.9 Å². The van der Waals surface area contributed by atoms with Crippen molar-refractivity contribution < 1.29 is 13.2 Å². The maximum absolute atomic E-state index is 12.8. The van der Waals surface area contributed by atoms with E-state index in [4.69, 9.17) is 22.1 Å². The topological polar surface area (TPSA) is 93.2 Å². The summed E-state index contributed by atoms with van der Waals surface area (Å²) in [6, 6.07) is 3.68. The maximum Gasteiger partial charge on any atom is 0.171 e. The van der Waals surface area contributed by atoms with E-state index in [-0.39, 0.29) is 31.8 Å². The minimum Gasteiger partial charge on any atom is -0.381 e. The minimum absolute atomic E-state index is 0.170. The Morgan fingerprint density at radius 1 is 1.59 bits per heavy atom. The molecule has 0 saturated carbocycles. The molecule has 2 N–H and O–H groups in total. The number of rotatable bonds is 4. The van der Waals surface area contributed by atoms with Crippen LogP contribution in [0.5, 0.6) is 0 Å². The third-order valence-corrected chi connectivity index (χ3v) is 8.76. The van der Waals surface area contributed by atoms with E-state index in [1.807, 2.05) is 6.07 Å². The van der Waals surface area contributed by atoms with Crippen LogP contribution in [0, 0.1) is 11.3 Å². The first-order valence-corrected chi connectivity index (χ1v) is 10.2. The van der Waals surface area contributed by atoms with Crippen molar-refractivity contribution in [3.63, 3.8) is 0 Å². The number of nitriles is 1. The lowest BCUT2D eigenvalue weighted by Crippen LogP contribution is -2.50. The molecule has 0 aliphatic carbocycles. The Balaban J connectivity index is 2.35. The van der Waals surface area contributed by atoms with Crippen molar-refractivity contribution in [2.24, 2.45) is 5.73 Å². The highest BCUT2D eigenvalue weighted by Crippen LogP contribution is 2.40. The highest BCUT2D eigenvalue weighted by molar-refractivity contribution is 9.11. The molecule has 1 fully saturated rings. The molecule has 22 heavy (non-hydrogen) atoms. The van der Waals surface area contributed by atoms with Gasteiger partial charge in [-0.2, -0.15) is 5.26 Å². The molecule has 0 radical (unpaired) electrons. The van der Waals surface area contributed by atoms with Crippen molar-refractivity contribution in [2.45, 2.75) is 30.1 Å². The van der Waals surface area contributed by atoms with Crippen LogP contribution in [0.4, 0.5) is 0 Å². The molecule has 0 aromatic carbocycles. The van der Waals surface area contributed by atoms with E-state index in [1.54, 1.807) is 13.0 Å². The van der Waals surface area contributed by atoms with Crippen molar-refractivity contribution in [3.8, 4) is 6.07 Å². The van der Waals surface area contributed by atoms with Crippen LogP contribution in [-0.4, -0.2) is 32.1 Å². The Labute approximate surface area is 147 Å². The number of ether oxygens (including phenoxy) is 1. The molecule has 1 aliphatic heterocycles. The number of nitrogens with zero attached hydrogens (tertiary/aromatic N) is 1. The van der Waals surface area contributed by atoms with Crippen molar-refractivity contribution in [1.29, 1.82) is 5.26 Å². The molecular formula is C13H16BrClN2O3S2. The standard InChI is InChI=1S/C13H16BrClN2O3S2/c1-12(17,11-9(15)6-10(14)21-11)8-22(18,19)13(7-16)2-4-20-5-3-13/h6H,2-5,8,17H2,1H3/t12-/m0/s1. The molecule has 0 unspecified atom stereocenters. The van der Waals surface area contributed by atoms with Gasteiger partial charge in [0.25, 0.3) is 0 Å². The van der Waals surface area contributed by atoms with E-state index < -0.39 is 20.1 Å². The maximum atomic E-state index is 12.8. The SMILES string of the molecule is C[C@](N)(CS(=O)(=O)C1(C#N)CCOCC1)c1sc(Br)cc1Cl. The predicted octanol–water partition coefficient (Wildman–Crippen LogP) is 2.83. The highest BCUT2D eigenvalue weighted by atomic mass is 79.9. The summed E-state index contributed by atoms with van der Waals surface area (Å²) in [6.07, 6.45) is 0.341. The normalized spacial score (nSPS) is 21.0. The van der Waals surface area contributed by atoms with Gasteiger partial charge in [0.15, 0.2) is 14.6 Å². The molecule has 122 valence electrons. The molecule has 1 aromatic heterocycles. The molecule has 9 heteroatoms. The number of hydrogen-bond acceptors (Lipinski definition) is 6. The van der Waals surface area contributed by atoms with Crippen molar-refractivity contribution in [1.82, 2.24) is 0 Å². The number of hydrogen-bond donors (Lipinski definition) is 1. The van der Waals surface area contributed by atoms with Gasteiger partial charge in [0, 0.05) is 30.9 Å². The Hall–Kier alpha value is -0.170. The first kappa shape index (κ1) is 18.2. The smallest absolute Gasteiger partial charge is 0.171 e. The molecule has 2 rings (SSSR count). The Morgan fingerprint density at radius 3 is 2.64 bits per heavy atom. The lowest BCUT2D eigenvalue weighted by atomic mass is 10.0. The van der Waals surface area contributed by atoms with E-state index in [2.05, 4.69) is 15.9 Å². The second kappa shape index (κ2) is 6.38. The summed E-state index contributed by atoms with van der Waals surface area (Å²) < 4.78 is 30.2. The Kier molecular flexibility index (Phi) is 5.27. The van der Waals surface area contributed by atoms with Gasteiger partial charge in [-0.3, -0.25) is 0 Å². The Bertz CT molecular complexity index is 703. The molecule has 0 bridgehead atoms. The molecule has 0 amide bonds. The van der Waals surface area contributed by atoms with Crippen LogP contribution in [0.2, 0.25) is 5.02 Å². The second-order valence-electron chi connectivity index (χ2n) is 5.62. The fourth-order valence-corrected chi connectivity index (χ4v) is 6.94. The van der Waals surface area contributed by atoms with Crippen molar-refractivity contribution in [3.05, 3.63) is 19.8 Å². The summed E-state index contributed by atoms with van der Waals surface area (Å²) >= 11 is 10.8. The van der Waals surface area contributed by atoms with E-state index in [0.29, 0.717) is 9.90 Å². The summed E-state index contributed by atoms with van der Waals surface area (Å²) in [5.41, 5.74) is 5.09. The van der Waals surface area contributed by atoms with Gasteiger partial charge in [-0.1, -0.05) is 11.6 Å². The van der Waals surface area contributed by atoms with E-state index in [0.717, 1.165) is 3.79 Å². The largest absolute Gasteiger partial charge is 0.381 e. The van der Waals surface area contributed by atoms with Crippen LogP contribution in [0.3, 0.4) is 0 Å². The molecule has 5 nitrogen and oxygen atoms in total. The van der Waals surface area contributed by atoms with Gasteiger partial charge in [-0.25, -0.2) is 8.42 Å². The monoisotopic (exact) mass is 426 g/mol. The van der Waals surface area contributed by atoms with Crippen LogP contribution < -0.4 is 5.73 Å². The van der Waals surface area contributed by atoms with Gasteiger partial charge in [-0.05, 0) is 28.9 Å². The molecule has 0 spiro atoms. The van der Waals surface area contributed by atoms with E-state index in [9.17, 15) is 13.7 Å². The molecule has 1 aromatic rings. The van der Waals surface area contributed by atoms with Gasteiger partial charge in [0.05, 0.1) is 26.2 Å². The first-order chi connectivity index (χ1) is 10.1. The third-order valence-electron chi connectivity index (χ3n) is 3.76. The number of nitrogens with two attached hydrogens (primary N) is 1. The highest BCUT2D eigenvalue weighted by Gasteiger charge is 2.48. The zero-order valence-corrected chi connectivity index (χ0v) is 15.9. The zero-order valence-electron chi connectivity index (χ0n) is 11.9. The molecular weight excluding hydrogens is 412 g/mol. The molecule has 1 atom stereocenters. The molecule has 2 heterocycles. The van der Waals surface area contributed by atoms with E-state index in [1.165, 1.54) is 11.3 Å². The number of sulfone groups is 1. The number of thiophene rings is 1. The second-order valence-corrected chi connectivity index (χ2v) is 10.8. The zero-order chi connectivity index (χ0) is 16.6. The Morgan fingerprint density at radius 2 is 2.18 bits per heavy atom. The van der Waals surface area contributed by atoms with Crippen LogP contribution in [0.25, 0.3) is 0 Å². The quantitative estimate of drug-likeness (QED) is 0.797. The fraction of sp³-hybridized carbons (Fsp3) is 0.615. The summed E-state index contributed by atoms with van der Waals surface area (Å²) in [5.74, 6) is -0.333. The van der Waals surface area contributed by atoms with Gasteiger partial charge in [-0.15, -0.1) is 11.3 Å². The minimum atomic E-state index is -3.74. The fourth-order valence-electron chi connectivity index (χ4n) is 2.52. The van der Waals surface area contributed by atoms with Gasteiger partial charge in [0.2, 0.25) is 0 Å². The first-order valence-electron chi connectivity index (χ1n) is 6.59. The third kappa shape index (κ3) is 3.35. The van der Waals surface area contributed by atoms with Crippen LogP contribution in [0.1, 0.15) is 24.6 Å². The summed E-state index contributed by atoms with van der Waals surface area (Å²) in [6.45, 7) is 2.15. The molecule has 1 aliphatic rings. The summed E-state index contributed by atoms with van der Waals surface area (Å²) in [5, 5.41) is 9.87. The van der Waals surface area contributed by atoms with Crippen molar-refractivity contribution in [2.75, 3.05) is 19.0 Å². The summed E-state index contributed by atoms with van der Waals surface area (Å²) in [7, 11) is -3.74. The van der Waals surface area contributed by atoms with Gasteiger partial charge < -0.3 is 10.5 Å². The van der Waals surface area contributed by atoms with Gasteiger partial charge >= 0.3 is 0 Å².